The number of sulfonamides is 1. The molecule has 146 valence electrons. The summed E-state index contributed by atoms with van der Waals surface area (Å²) >= 11 is 0. The Labute approximate surface area is 177 Å². The van der Waals surface area contributed by atoms with Gasteiger partial charge in [0.15, 0.2) is 5.96 Å². The largest absolute Gasteiger partial charge is 0.370 e. The van der Waals surface area contributed by atoms with Gasteiger partial charge < -0.3 is 11.1 Å². The highest BCUT2D eigenvalue weighted by atomic mass is 127. The van der Waals surface area contributed by atoms with Crippen LogP contribution < -0.4 is 15.4 Å². The molecule has 2 aromatic rings. The normalized spacial score (nSPS) is 16.1. The van der Waals surface area contributed by atoms with E-state index < -0.39 is 10.0 Å². The number of benzene rings is 2. The highest BCUT2D eigenvalue weighted by Gasteiger charge is 2.28. The van der Waals surface area contributed by atoms with Gasteiger partial charge in [-0.05, 0) is 61.2 Å². The van der Waals surface area contributed by atoms with Gasteiger partial charge in [-0.2, -0.15) is 0 Å². The molecule has 3 rings (SSSR count). The summed E-state index contributed by atoms with van der Waals surface area (Å²) in [5, 5.41) is 3.10. The summed E-state index contributed by atoms with van der Waals surface area (Å²) in [6.07, 6.45) is 0.676. The monoisotopic (exact) mass is 500 g/mol. The number of nitrogens with one attached hydrogen (secondary N) is 1. The average molecular weight is 500 g/mol. The summed E-state index contributed by atoms with van der Waals surface area (Å²) in [6.45, 7) is 5.05. The van der Waals surface area contributed by atoms with Crippen molar-refractivity contribution in [1.29, 1.82) is 0 Å². The lowest BCUT2D eigenvalue weighted by molar-refractivity contribution is 0.599. The summed E-state index contributed by atoms with van der Waals surface area (Å²) < 4.78 is 25.4. The summed E-state index contributed by atoms with van der Waals surface area (Å²) in [7, 11) is -3.14. The number of anilines is 2. The Hall–Kier alpha value is -1.81. The molecule has 0 saturated carbocycles. The second kappa shape index (κ2) is 8.92. The minimum Gasteiger partial charge on any atom is -0.370 e. The third-order valence-electron chi connectivity index (χ3n) is 4.25. The molecule has 3 N–H and O–H groups in total. The van der Waals surface area contributed by atoms with E-state index >= 15 is 0 Å². The molecule has 0 atom stereocenters. The number of halogens is 1. The van der Waals surface area contributed by atoms with Crippen LogP contribution in [0, 0.1) is 13.8 Å². The van der Waals surface area contributed by atoms with Gasteiger partial charge in [-0.3, -0.25) is 4.31 Å². The third kappa shape index (κ3) is 5.58. The van der Waals surface area contributed by atoms with E-state index in [0.29, 0.717) is 31.2 Å². The van der Waals surface area contributed by atoms with E-state index in [2.05, 4.69) is 16.4 Å². The topological polar surface area (TPSA) is 87.8 Å². The maximum Gasteiger partial charge on any atom is 0.235 e. The summed E-state index contributed by atoms with van der Waals surface area (Å²) in [5.41, 5.74) is 10.9. The minimum atomic E-state index is -3.14. The van der Waals surface area contributed by atoms with Crippen molar-refractivity contribution in [2.24, 2.45) is 10.7 Å². The molecule has 6 nitrogen and oxygen atoms in total. The lowest BCUT2D eigenvalue weighted by atomic mass is 10.1. The summed E-state index contributed by atoms with van der Waals surface area (Å²) in [5.74, 6) is 0.570. The van der Waals surface area contributed by atoms with E-state index in [1.165, 1.54) is 4.31 Å². The molecular formula is C19H25IN4O2S. The first kappa shape index (κ1) is 21.5. The number of aryl methyl sites for hydroxylation is 2. The van der Waals surface area contributed by atoms with E-state index in [1.54, 1.807) is 0 Å². The van der Waals surface area contributed by atoms with Crippen LogP contribution >= 0.6 is 24.0 Å². The smallest absolute Gasteiger partial charge is 0.235 e. The number of nitrogens with two attached hydrogens (primary N) is 1. The van der Waals surface area contributed by atoms with Crippen molar-refractivity contribution in [2.75, 3.05) is 21.9 Å². The predicted octanol–water partition coefficient (Wildman–Crippen LogP) is 3.39. The molecule has 1 heterocycles. The van der Waals surface area contributed by atoms with Crippen molar-refractivity contribution in [3.8, 4) is 0 Å². The summed E-state index contributed by atoms with van der Waals surface area (Å²) in [4.78, 5) is 4.36. The molecule has 1 aliphatic heterocycles. The predicted molar refractivity (Wildman–Crippen MR) is 122 cm³/mol. The Morgan fingerprint density at radius 3 is 2.33 bits per heavy atom. The van der Waals surface area contributed by atoms with E-state index in [4.69, 9.17) is 5.73 Å². The molecule has 1 aliphatic rings. The second-order valence-electron chi connectivity index (χ2n) is 6.61. The third-order valence-corrected chi connectivity index (χ3v) is 6.12. The van der Waals surface area contributed by atoms with Crippen molar-refractivity contribution in [1.82, 2.24) is 0 Å². The fraction of sp³-hybridized carbons (Fsp3) is 0.316. The fourth-order valence-electron chi connectivity index (χ4n) is 3.11. The highest BCUT2D eigenvalue weighted by Crippen LogP contribution is 2.24. The van der Waals surface area contributed by atoms with Crippen LogP contribution in [0.5, 0.6) is 0 Å². The number of rotatable bonds is 4. The van der Waals surface area contributed by atoms with Gasteiger partial charge in [0.1, 0.15) is 0 Å². The van der Waals surface area contributed by atoms with Gasteiger partial charge in [0.2, 0.25) is 10.0 Å². The molecule has 8 heteroatoms. The number of guanidine groups is 1. The van der Waals surface area contributed by atoms with Crippen LogP contribution in [0.25, 0.3) is 0 Å². The maximum absolute atomic E-state index is 12.0. The Bertz CT molecular complexity index is 907. The first-order valence-corrected chi connectivity index (χ1v) is 10.2. The molecule has 0 aliphatic carbocycles. The molecule has 0 amide bonds. The van der Waals surface area contributed by atoms with Crippen molar-refractivity contribution < 1.29 is 8.42 Å². The van der Waals surface area contributed by atoms with Crippen molar-refractivity contribution in [2.45, 2.75) is 26.8 Å². The standard InChI is InChI=1S/C19H24N4O2S.HI/c1-14-10-15(2)12-17(11-14)22-19(20)21-13-16-4-6-18(7-5-16)23-8-3-9-26(23,24)25;/h4-7,10-12H,3,8-9,13H2,1-2H3,(H3,20,21,22);1H. The average Bonchev–Trinajstić information content (AvgIpc) is 2.92. The quantitative estimate of drug-likeness (QED) is 0.383. The molecule has 0 bridgehead atoms. The van der Waals surface area contributed by atoms with Gasteiger partial charge in [-0.1, -0.05) is 18.2 Å². The molecule has 1 fully saturated rings. The Morgan fingerprint density at radius 1 is 1.15 bits per heavy atom. The first-order chi connectivity index (χ1) is 12.3. The van der Waals surface area contributed by atoms with Crippen LogP contribution in [0.4, 0.5) is 11.4 Å². The minimum absolute atomic E-state index is 0. The molecule has 0 unspecified atom stereocenters. The van der Waals surface area contributed by atoms with Crippen LogP contribution in [0.3, 0.4) is 0 Å². The van der Waals surface area contributed by atoms with Crippen LogP contribution in [0.15, 0.2) is 47.5 Å². The first-order valence-electron chi connectivity index (χ1n) is 8.58. The number of hydrogen-bond donors (Lipinski definition) is 2. The van der Waals surface area contributed by atoms with Gasteiger partial charge in [0.25, 0.3) is 0 Å². The van der Waals surface area contributed by atoms with Crippen molar-refractivity contribution in [3.63, 3.8) is 0 Å². The van der Waals surface area contributed by atoms with E-state index in [9.17, 15) is 8.42 Å². The van der Waals surface area contributed by atoms with Crippen molar-refractivity contribution >= 4 is 51.3 Å². The van der Waals surface area contributed by atoms with Gasteiger partial charge >= 0.3 is 0 Å². The number of nitrogens with zero attached hydrogens (tertiary/aromatic N) is 2. The maximum atomic E-state index is 12.0. The lowest BCUT2D eigenvalue weighted by Crippen LogP contribution is -2.25. The Morgan fingerprint density at radius 2 is 1.78 bits per heavy atom. The molecule has 0 radical (unpaired) electrons. The molecule has 2 aromatic carbocycles. The highest BCUT2D eigenvalue weighted by molar-refractivity contribution is 14.0. The zero-order valence-electron chi connectivity index (χ0n) is 15.5. The van der Waals surface area contributed by atoms with Crippen LogP contribution in [0.1, 0.15) is 23.1 Å². The van der Waals surface area contributed by atoms with Crippen LogP contribution in [-0.2, 0) is 16.6 Å². The molecule has 0 aromatic heterocycles. The van der Waals surface area contributed by atoms with E-state index in [0.717, 1.165) is 22.4 Å². The van der Waals surface area contributed by atoms with Gasteiger partial charge in [-0.25, -0.2) is 13.4 Å². The molecular weight excluding hydrogens is 475 g/mol. The van der Waals surface area contributed by atoms with Crippen molar-refractivity contribution in [3.05, 3.63) is 59.2 Å². The van der Waals surface area contributed by atoms with E-state index in [1.807, 2.05) is 50.2 Å². The van der Waals surface area contributed by atoms with Gasteiger partial charge in [0, 0.05) is 12.2 Å². The fourth-order valence-corrected chi connectivity index (χ4v) is 4.67. The zero-order chi connectivity index (χ0) is 18.7. The van der Waals surface area contributed by atoms with Gasteiger partial charge in [-0.15, -0.1) is 24.0 Å². The van der Waals surface area contributed by atoms with E-state index in [-0.39, 0.29) is 29.7 Å². The SMILES string of the molecule is Cc1cc(C)cc(NC(N)=NCc2ccc(N3CCCS3(=O)=O)cc2)c1.I. The second-order valence-corrected chi connectivity index (χ2v) is 8.62. The molecule has 0 spiro atoms. The van der Waals surface area contributed by atoms with Gasteiger partial charge in [0.05, 0.1) is 18.0 Å². The van der Waals surface area contributed by atoms with Crippen LogP contribution in [-0.4, -0.2) is 26.7 Å². The zero-order valence-corrected chi connectivity index (χ0v) is 18.6. The number of aliphatic imine (C=N–C) groups is 1. The Balaban J connectivity index is 0.00000261. The van der Waals surface area contributed by atoms with Crippen LogP contribution in [0.2, 0.25) is 0 Å². The lowest BCUT2D eigenvalue weighted by Gasteiger charge is -2.16. The Kier molecular flexibility index (Phi) is 7.10. The molecule has 1 saturated heterocycles. The molecule has 27 heavy (non-hydrogen) atoms. The summed E-state index contributed by atoms with van der Waals surface area (Å²) in [6, 6.07) is 13.5. The number of hydrogen-bond acceptors (Lipinski definition) is 3.